The van der Waals surface area contributed by atoms with Crippen LogP contribution in [0.1, 0.15) is 25.7 Å². The molecular weight excluding hydrogens is 188 g/mol. The Labute approximate surface area is 70.8 Å². The Bertz CT molecular complexity index is 135. The van der Waals surface area contributed by atoms with E-state index in [1.165, 1.54) is 25.7 Å². The molecule has 0 N–H and O–H groups in total. The Hall–Kier alpha value is 0.220. The normalized spacial score (nSPS) is 45.5. The molecule has 0 nitrogen and oxygen atoms in total. The largest absolute Gasteiger partial charge is 0.0885 e. The summed E-state index contributed by atoms with van der Waals surface area (Å²) in [5, 5.41) is 0. The zero-order valence-corrected chi connectivity index (χ0v) is 7.68. The van der Waals surface area contributed by atoms with Gasteiger partial charge in [0.25, 0.3) is 0 Å². The third-order valence-corrected chi connectivity index (χ3v) is 4.09. The summed E-state index contributed by atoms with van der Waals surface area (Å²) in [6.45, 7) is 0. The molecule has 0 saturated heterocycles. The maximum atomic E-state index is 3.72. The first-order valence-electron chi connectivity index (χ1n) is 4.18. The number of hydrogen-bond acceptors (Lipinski definition) is 0. The highest BCUT2D eigenvalue weighted by Gasteiger charge is 2.46. The molecule has 2 aliphatic rings. The Morgan fingerprint density at radius 1 is 1.00 bits per heavy atom. The van der Waals surface area contributed by atoms with Crippen LogP contribution in [-0.2, 0) is 0 Å². The fourth-order valence-electron chi connectivity index (χ4n) is 1.96. The zero-order valence-electron chi connectivity index (χ0n) is 6.09. The van der Waals surface area contributed by atoms with Crippen LogP contribution in [-0.4, -0.2) is 4.83 Å². The first kappa shape index (κ1) is 6.90. The quantitative estimate of drug-likeness (QED) is 0.417. The molecule has 0 radical (unpaired) electrons. The topological polar surface area (TPSA) is 0 Å². The second-order valence-corrected chi connectivity index (χ2v) is 4.46. The number of alkyl halides is 1. The summed E-state index contributed by atoms with van der Waals surface area (Å²) >= 11 is 3.72. The molecule has 2 atom stereocenters. The van der Waals surface area contributed by atoms with Crippen LogP contribution >= 0.6 is 15.9 Å². The van der Waals surface area contributed by atoms with Crippen LogP contribution in [0.5, 0.6) is 0 Å². The summed E-state index contributed by atoms with van der Waals surface area (Å²) in [5.74, 6) is 2.04. The fraction of sp³-hybridized carbons (Fsp3) is 0.778. The van der Waals surface area contributed by atoms with Crippen molar-refractivity contribution in [1.29, 1.82) is 0 Å². The molecular formula is C9H13Br. The average molecular weight is 201 g/mol. The summed E-state index contributed by atoms with van der Waals surface area (Å²) < 4.78 is 0. The summed E-state index contributed by atoms with van der Waals surface area (Å²) in [6, 6.07) is 0. The van der Waals surface area contributed by atoms with Crippen molar-refractivity contribution in [2.75, 3.05) is 0 Å². The van der Waals surface area contributed by atoms with Gasteiger partial charge in [0.2, 0.25) is 0 Å². The summed E-state index contributed by atoms with van der Waals surface area (Å²) in [4.78, 5) is 0.868. The lowest BCUT2D eigenvalue weighted by Gasteiger charge is -1.98. The van der Waals surface area contributed by atoms with Crippen LogP contribution in [0.4, 0.5) is 0 Å². The molecule has 0 amide bonds. The Morgan fingerprint density at radius 2 is 1.50 bits per heavy atom. The molecule has 0 bridgehead atoms. The van der Waals surface area contributed by atoms with Crippen molar-refractivity contribution < 1.29 is 0 Å². The summed E-state index contributed by atoms with van der Waals surface area (Å²) in [6.07, 6.45) is 10.1. The molecule has 1 heteroatoms. The number of fused-ring (bicyclic) bond motifs is 1. The number of allylic oxidation sites excluding steroid dienone is 2. The highest BCUT2D eigenvalue weighted by molar-refractivity contribution is 9.09. The molecule has 0 aromatic carbocycles. The van der Waals surface area contributed by atoms with Crippen LogP contribution in [0.25, 0.3) is 0 Å². The van der Waals surface area contributed by atoms with Crippen LogP contribution in [0.15, 0.2) is 12.2 Å². The Balaban J connectivity index is 1.94. The van der Waals surface area contributed by atoms with Crippen LogP contribution in [0.2, 0.25) is 0 Å². The van der Waals surface area contributed by atoms with Gasteiger partial charge in [0.1, 0.15) is 0 Å². The lowest BCUT2D eigenvalue weighted by molar-refractivity contribution is 0.605. The van der Waals surface area contributed by atoms with Crippen molar-refractivity contribution in [1.82, 2.24) is 0 Å². The molecule has 0 aromatic heterocycles. The van der Waals surface area contributed by atoms with Gasteiger partial charge in [0.15, 0.2) is 0 Å². The molecule has 2 aliphatic carbocycles. The number of hydrogen-bond donors (Lipinski definition) is 0. The first-order valence-corrected chi connectivity index (χ1v) is 5.10. The lowest BCUT2D eigenvalue weighted by atomic mass is 10.1. The van der Waals surface area contributed by atoms with Crippen molar-refractivity contribution >= 4 is 15.9 Å². The maximum Gasteiger partial charge on any atom is 0.0208 e. The third-order valence-electron chi connectivity index (χ3n) is 2.73. The van der Waals surface area contributed by atoms with E-state index in [1.54, 1.807) is 0 Å². The van der Waals surface area contributed by atoms with E-state index in [9.17, 15) is 0 Å². The number of halogens is 1. The monoisotopic (exact) mass is 200 g/mol. The molecule has 56 valence electrons. The predicted molar refractivity (Wildman–Crippen MR) is 47.3 cm³/mol. The molecule has 1 saturated carbocycles. The smallest absolute Gasteiger partial charge is 0.0208 e. The highest BCUT2D eigenvalue weighted by Crippen LogP contribution is 2.51. The second-order valence-electron chi connectivity index (χ2n) is 3.40. The molecule has 2 rings (SSSR count). The molecule has 0 aromatic rings. The number of rotatable bonds is 0. The lowest BCUT2D eigenvalue weighted by Crippen LogP contribution is -1.85. The van der Waals surface area contributed by atoms with Gasteiger partial charge in [-0.1, -0.05) is 28.1 Å². The van der Waals surface area contributed by atoms with Crippen LogP contribution < -0.4 is 0 Å². The third kappa shape index (κ3) is 1.16. The van der Waals surface area contributed by atoms with Crippen molar-refractivity contribution in [2.24, 2.45) is 11.8 Å². The SMILES string of the molecule is BrC1[C@H]2CCC=CCC[C@H]12. The minimum Gasteiger partial charge on any atom is -0.0885 e. The van der Waals surface area contributed by atoms with Gasteiger partial charge in [-0.05, 0) is 37.5 Å². The van der Waals surface area contributed by atoms with Gasteiger partial charge >= 0.3 is 0 Å². The second kappa shape index (κ2) is 2.69. The standard InChI is InChI=1S/C9H13Br/c10-9-7-5-3-1-2-4-6-8(7)9/h1-2,7-9H,3-6H2/t7-,8-/m0/s1. The maximum absolute atomic E-state index is 3.72. The van der Waals surface area contributed by atoms with E-state index in [-0.39, 0.29) is 0 Å². The van der Waals surface area contributed by atoms with Gasteiger partial charge in [-0.25, -0.2) is 0 Å². The molecule has 0 spiro atoms. The van der Waals surface area contributed by atoms with E-state index in [0.29, 0.717) is 0 Å². The van der Waals surface area contributed by atoms with Crippen molar-refractivity contribution in [3.05, 3.63) is 12.2 Å². The Morgan fingerprint density at radius 3 is 2.00 bits per heavy atom. The van der Waals surface area contributed by atoms with E-state index in [1.807, 2.05) is 0 Å². The minimum absolute atomic E-state index is 0.868. The molecule has 10 heavy (non-hydrogen) atoms. The summed E-state index contributed by atoms with van der Waals surface area (Å²) in [5.41, 5.74) is 0. The van der Waals surface area contributed by atoms with Gasteiger partial charge < -0.3 is 0 Å². The minimum atomic E-state index is 0.868. The van der Waals surface area contributed by atoms with Gasteiger partial charge in [-0.3, -0.25) is 0 Å². The van der Waals surface area contributed by atoms with Gasteiger partial charge in [-0.2, -0.15) is 0 Å². The zero-order chi connectivity index (χ0) is 6.97. The predicted octanol–water partition coefficient (Wildman–Crippen LogP) is 3.13. The molecule has 1 fully saturated rings. The fourth-order valence-corrected chi connectivity index (χ4v) is 3.09. The molecule has 0 heterocycles. The van der Waals surface area contributed by atoms with E-state index in [0.717, 1.165) is 16.7 Å². The first-order chi connectivity index (χ1) is 4.89. The van der Waals surface area contributed by atoms with Crippen LogP contribution in [0.3, 0.4) is 0 Å². The highest BCUT2D eigenvalue weighted by atomic mass is 79.9. The van der Waals surface area contributed by atoms with Gasteiger partial charge in [0.05, 0.1) is 0 Å². The average Bonchev–Trinajstić information content (AvgIpc) is 2.39. The van der Waals surface area contributed by atoms with E-state index >= 15 is 0 Å². The molecule has 0 aliphatic heterocycles. The molecule has 0 unspecified atom stereocenters. The Kier molecular flexibility index (Phi) is 1.86. The van der Waals surface area contributed by atoms with Crippen LogP contribution in [0, 0.1) is 11.8 Å². The van der Waals surface area contributed by atoms with Crippen molar-refractivity contribution in [2.45, 2.75) is 30.5 Å². The van der Waals surface area contributed by atoms with E-state index in [2.05, 4.69) is 28.1 Å². The van der Waals surface area contributed by atoms with Gasteiger partial charge in [0, 0.05) is 4.83 Å². The van der Waals surface area contributed by atoms with Crippen molar-refractivity contribution in [3.8, 4) is 0 Å². The van der Waals surface area contributed by atoms with Gasteiger partial charge in [-0.15, -0.1) is 0 Å². The van der Waals surface area contributed by atoms with E-state index < -0.39 is 0 Å². The van der Waals surface area contributed by atoms with Crippen molar-refractivity contribution in [3.63, 3.8) is 0 Å². The summed E-state index contributed by atoms with van der Waals surface area (Å²) in [7, 11) is 0. The van der Waals surface area contributed by atoms with E-state index in [4.69, 9.17) is 0 Å².